The van der Waals surface area contributed by atoms with Gasteiger partial charge in [-0.15, -0.1) is 0 Å². The third kappa shape index (κ3) is 4.35. The van der Waals surface area contributed by atoms with Crippen LogP contribution in [0.1, 0.15) is 64.9 Å². The fraction of sp³-hybridized carbons (Fsp3) is 0.667. The summed E-state index contributed by atoms with van der Waals surface area (Å²) in [5, 5.41) is 15.6. The number of hydrogen-bond donors (Lipinski definition) is 3. The molecule has 4 rings (SSSR count). The first kappa shape index (κ1) is 25.6. The van der Waals surface area contributed by atoms with Crippen LogP contribution >= 0.6 is 0 Å². The van der Waals surface area contributed by atoms with Crippen molar-refractivity contribution in [2.75, 3.05) is 13.2 Å². The van der Waals surface area contributed by atoms with Crippen molar-refractivity contribution in [1.29, 1.82) is 0 Å². The maximum absolute atomic E-state index is 13.9. The van der Waals surface area contributed by atoms with E-state index in [1.165, 1.54) is 0 Å². The molecular weight excluding hydrogens is 446 g/mol. The Morgan fingerprint density at radius 1 is 1.20 bits per heavy atom. The van der Waals surface area contributed by atoms with Crippen molar-refractivity contribution < 1.29 is 24.2 Å². The van der Waals surface area contributed by atoms with Crippen LogP contribution in [0.2, 0.25) is 0 Å². The fourth-order valence-corrected chi connectivity index (χ4v) is 6.62. The highest BCUT2D eigenvalue weighted by Gasteiger charge is 2.78. The highest BCUT2D eigenvalue weighted by atomic mass is 16.5. The second-order valence-corrected chi connectivity index (χ2v) is 10.3. The number of likely N-dealkylation sites (tertiary alicyclic amines) is 1. The molecule has 3 saturated heterocycles. The molecule has 0 saturated carbocycles. The molecule has 35 heavy (non-hydrogen) atoms. The molecule has 3 aliphatic rings. The van der Waals surface area contributed by atoms with Crippen molar-refractivity contribution in [3.63, 3.8) is 0 Å². The van der Waals surface area contributed by atoms with E-state index in [1.54, 1.807) is 4.90 Å². The van der Waals surface area contributed by atoms with Gasteiger partial charge in [-0.3, -0.25) is 14.4 Å². The largest absolute Gasteiger partial charge is 0.396 e. The molecule has 0 radical (unpaired) electrons. The molecule has 1 aromatic rings. The lowest BCUT2D eigenvalue weighted by Crippen LogP contribution is -2.56. The van der Waals surface area contributed by atoms with Crippen LogP contribution < -0.4 is 10.6 Å². The number of aliphatic hydroxyl groups is 1. The van der Waals surface area contributed by atoms with Crippen LogP contribution in [0, 0.1) is 11.8 Å². The van der Waals surface area contributed by atoms with Gasteiger partial charge in [0, 0.05) is 25.7 Å². The van der Waals surface area contributed by atoms with Gasteiger partial charge in [0.05, 0.1) is 17.4 Å². The third-order valence-electron chi connectivity index (χ3n) is 8.19. The summed E-state index contributed by atoms with van der Waals surface area (Å²) >= 11 is 0. The van der Waals surface area contributed by atoms with E-state index in [0.717, 1.165) is 18.4 Å². The molecule has 6 atom stereocenters. The smallest absolute Gasteiger partial charge is 0.246 e. The second kappa shape index (κ2) is 10.3. The lowest BCUT2D eigenvalue weighted by Gasteiger charge is -2.34. The second-order valence-electron chi connectivity index (χ2n) is 10.3. The minimum absolute atomic E-state index is 0.0264. The molecule has 192 valence electrons. The normalized spacial score (nSPS) is 31.9. The zero-order chi connectivity index (χ0) is 25.2. The number of carbonyl (C=O) groups excluding carboxylic acids is 3. The average Bonchev–Trinajstić information content (AvgIpc) is 3.45. The average molecular weight is 486 g/mol. The summed E-state index contributed by atoms with van der Waals surface area (Å²) < 4.78 is 6.72. The maximum atomic E-state index is 13.9. The molecule has 8 nitrogen and oxygen atoms in total. The van der Waals surface area contributed by atoms with Crippen molar-refractivity contribution in [3.8, 4) is 0 Å². The first-order valence-electron chi connectivity index (χ1n) is 13.1. The highest BCUT2D eigenvalue weighted by Crippen LogP contribution is 2.64. The number of hydrogen-bond acceptors (Lipinski definition) is 5. The van der Waals surface area contributed by atoms with Gasteiger partial charge in [0.2, 0.25) is 17.7 Å². The van der Waals surface area contributed by atoms with Gasteiger partial charge in [-0.25, -0.2) is 0 Å². The number of ether oxygens (including phenoxy) is 1. The molecule has 3 heterocycles. The Morgan fingerprint density at radius 2 is 1.94 bits per heavy atom. The van der Waals surface area contributed by atoms with Crippen LogP contribution in [-0.2, 0) is 25.7 Å². The lowest BCUT2D eigenvalue weighted by molar-refractivity contribution is -0.148. The SMILES string of the molecule is CCCC(C)NC(=O)C1N(CCCO)C(=O)[C@@H]2[C@H](C(=O)NCc3ccccc3)[C@]3(CC)CCC12O3. The van der Waals surface area contributed by atoms with Gasteiger partial charge in [0.1, 0.15) is 11.6 Å². The van der Waals surface area contributed by atoms with Gasteiger partial charge in [-0.1, -0.05) is 50.6 Å². The Balaban J connectivity index is 1.65. The minimum atomic E-state index is -1.02. The Kier molecular flexibility index (Phi) is 7.52. The third-order valence-corrected chi connectivity index (χ3v) is 8.19. The summed E-state index contributed by atoms with van der Waals surface area (Å²) in [6.07, 6.45) is 3.94. The molecule has 3 aliphatic heterocycles. The van der Waals surface area contributed by atoms with Gasteiger partial charge >= 0.3 is 0 Å². The van der Waals surface area contributed by atoms with Crippen LogP contribution in [0.5, 0.6) is 0 Å². The number of carbonyl (C=O) groups is 3. The molecule has 2 bridgehead atoms. The summed E-state index contributed by atoms with van der Waals surface area (Å²) in [6, 6.07) is 8.84. The van der Waals surface area contributed by atoms with Crippen LogP contribution in [0.15, 0.2) is 30.3 Å². The van der Waals surface area contributed by atoms with Gasteiger partial charge in [-0.2, -0.15) is 0 Å². The van der Waals surface area contributed by atoms with Gasteiger partial charge < -0.3 is 25.4 Å². The number of aliphatic hydroxyl groups excluding tert-OH is 1. The summed E-state index contributed by atoms with van der Waals surface area (Å²) in [5.41, 5.74) is -0.792. The van der Waals surface area contributed by atoms with Crippen molar-refractivity contribution in [2.24, 2.45) is 11.8 Å². The molecule has 0 aromatic heterocycles. The van der Waals surface area contributed by atoms with E-state index < -0.39 is 29.1 Å². The van der Waals surface area contributed by atoms with E-state index in [2.05, 4.69) is 17.6 Å². The zero-order valence-electron chi connectivity index (χ0n) is 21.1. The Hall–Kier alpha value is -2.45. The van der Waals surface area contributed by atoms with Gasteiger partial charge in [0.15, 0.2) is 0 Å². The fourth-order valence-electron chi connectivity index (χ4n) is 6.62. The van der Waals surface area contributed by atoms with E-state index >= 15 is 0 Å². The molecule has 3 fully saturated rings. The van der Waals surface area contributed by atoms with Gasteiger partial charge in [0.25, 0.3) is 0 Å². The predicted octanol–water partition coefficient (Wildman–Crippen LogP) is 2.14. The van der Waals surface area contributed by atoms with Crippen molar-refractivity contribution >= 4 is 17.7 Å². The Bertz CT molecular complexity index is 940. The van der Waals surface area contributed by atoms with E-state index in [0.29, 0.717) is 32.2 Å². The zero-order valence-corrected chi connectivity index (χ0v) is 21.1. The first-order valence-corrected chi connectivity index (χ1v) is 13.1. The molecule has 8 heteroatoms. The molecule has 3 N–H and O–H groups in total. The standard InChI is InChI=1S/C27H39N3O5/c1-4-10-18(3)29-24(33)22-27-14-13-26(5-2,35-27)20(21(27)25(34)30(22)15-9-16-31)23(32)28-17-19-11-7-6-8-12-19/h6-8,11-12,18,20-22,31H,4-5,9-10,13-17H2,1-3H3,(H,28,32)(H,29,33)/t18?,20-,21+,22?,26+,27?/m1/s1. The summed E-state index contributed by atoms with van der Waals surface area (Å²) in [5.74, 6) is -1.99. The summed E-state index contributed by atoms with van der Waals surface area (Å²) in [7, 11) is 0. The van der Waals surface area contributed by atoms with Crippen molar-refractivity contribution in [3.05, 3.63) is 35.9 Å². The number of fused-ring (bicyclic) bond motifs is 1. The van der Waals surface area contributed by atoms with Crippen LogP contribution in [0.3, 0.4) is 0 Å². The summed E-state index contributed by atoms with van der Waals surface area (Å²) in [4.78, 5) is 42.6. The molecule has 1 aromatic carbocycles. The van der Waals surface area contributed by atoms with Crippen molar-refractivity contribution in [2.45, 2.75) is 89.1 Å². The molecular formula is C27H39N3O5. The molecule has 0 aliphatic carbocycles. The Morgan fingerprint density at radius 3 is 2.60 bits per heavy atom. The maximum Gasteiger partial charge on any atom is 0.246 e. The van der Waals surface area contributed by atoms with Crippen LogP contribution in [0.25, 0.3) is 0 Å². The number of benzene rings is 1. The molecule has 3 unspecified atom stereocenters. The first-order chi connectivity index (χ1) is 16.8. The highest BCUT2D eigenvalue weighted by molar-refractivity contribution is 5.99. The van der Waals surface area contributed by atoms with Crippen LogP contribution in [-0.4, -0.2) is 64.2 Å². The molecule has 3 amide bonds. The molecule has 1 spiro atoms. The number of nitrogens with one attached hydrogen (secondary N) is 2. The number of rotatable bonds is 11. The van der Waals surface area contributed by atoms with Gasteiger partial charge in [-0.05, 0) is 44.6 Å². The van der Waals surface area contributed by atoms with Crippen molar-refractivity contribution in [1.82, 2.24) is 15.5 Å². The van der Waals surface area contributed by atoms with E-state index in [4.69, 9.17) is 4.74 Å². The van der Waals surface area contributed by atoms with Crippen LogP contribution in [0.4, 0.5) is 0 Å². The Labute approximate surface area is 207 Å². The van der Waals surface area contributed by atoms with E-state index in [-0.39, 0.29) is 36.9 Å². The predicted molar refractivity (Wildman–Crippen MR) is 131 cm³/mol. The minimum Gasteiger partial charge on any atom is -0.396 e. The summed E-state index contributed by atoms with van der Waals surface area (Å²) in [6.45, 7) is 6.57. The monoisotopic (exact) mass is 485 g/mol. The van der Waals surface area contributed by atoms with E-state index in [9.17, 15) is 19.5 Å². The lowest BCUT2D eigenvalue weighted by atomic mass is 9.65. The number of amides is 3. The number of nitrogens with zero attached hydrogens (tertiary/aromatic N) is 1. The quantitative estimate of drug-likeness (QED) is 0.445. The van der Waals surface area contributed by atoms with E-state index in [1.807, 2.05) is 44.2 Å². The topological polar surface area (TPSA) is 108 Å².